The van der Waals surface area contributed by atoms with Crippen LogP contribution in [0.5, 0.6) is 0 Å². The van der Waals surface area contributed by atoms with Crippen LogP contribution >= 0.6 is 11.3 Å². The normalized spacial score (nSPS) is 12.2. The molecule has 0 saturated heterocycles. The van der Waals surface area contributed by atoms with Gasteiger partial charge in [0.15, 0.2) is 4.96 Å². The summed E-state index contributed by atoms with van der Waals surface area (Å²) in [5, 5.41) is 5.04. The van der Waals surface area contributed by atoms with E-state index in [-0.39, 0.29) is 11.8 Å². The highest BCUT2D eigenvalue weighted by atomic mass is 32.1. The van der Waals surface area contributed by atoms with Crippen LogP contribution in [0.1, 0.15) is 24.8 Å². The minimum Gasteiger partial charge on any atom is -0.326 e. The van der Waals surface area contributed by atoms with E-state index in [1.165, 1.54) is 0 Å². The summed E-state index contributed by atoms with van der Waals surface area (Å²) in [6.45, 7) is 2.03. The number of rotatable bonds is 5. The number of nitrogens with zero attached hydrogens (tertiary/aromatic N) is 2. The number of hydrogen-bond donors (Lipinski definition) is 1. The number of aromatic nitrogens is 2. The summed E-state index contributed by atoms with van der Waals surface area (Å²) in [7, 11) is 0. The zero-order chi connectivity index (χ0) is 17.9. The van der Waals surface area contributed by atoms with E-state index < -0.39 is 0 Å². The van der Waals surface area contributed by atoms with Gasteiger partial charge < -0.3 is 5.32 Å². The average Bonchev–Trinajstić information content (AvgIpc) is 3.26. The summed E-state index contributed by atoms with van der Waals surface area (Å²) in [4.78, 5) is 18.2. The third-order valence-corrected chi connectivity index (χ3v) is 5.24. The number of nitrogens with one attached hydrogen (secondary N) is 1. The molecule has 26 heavy (non-hydrogen) atoms. The highest BCUT2D eigenvalue weighted by Crippen LogP contribution is 2.25. The number of amides is 1. The standard InChI is InChI=1S/C21H19N3OS/c1-2-18(15-6-4-3-5-7-15)20(25)22-17-10-8-16(9-11-17)19-14-24-12-13-26-21(24)23-19/h3-14,18H,2H2,1H3,(H,22,25)/t18-/m0/s1. The van der Waals surface area contributed by atoms with Crippen LogP contribution in [0, 0.1) is 0 Å². The van der Waals surface area contributed by atoms with Crippen LogP contribution in [-0.2, 0) is 4.79 Å². The van der Waals surface area contributed by atoms with E-state index in [2.05, 4.69) is 10.3 Å². The average molecular weight is 361 g/mol. The predicted molar refractivity (Wildman–Crippen MR) is 107 cm³/mol. The molecule has 0 saturated carbocycles. The van der Waals surface area contributed by atoms with Crippen molar-refractivity contribution in [3.8, 4) is 11.3 Å². The second kappa shape index (κ2) is 7.14. The van der Waals surface area contributed by atoms with Crippen molar-refractivity contribution in [2.45, 2.75) is 19.3 Å². The Morgan fingerprint density at radius 2 is 1.92 bits per heavy atom. The van der Waals surface area contributed by atoms with Gasteiger partial charge in [-0.05, 0) is 24.1 Å². The molecule has 130 valence electrons. The van der Waals surface area contributed by atoms with Crippen LogP contribution in [0.25, 0.3) is 16.2 Å². The van der Waals surface area contributed by atoms with E-state index in [9.17, 15) is 4.79 Å². The van der Waals surface area contributed by atoms with Crippen molar-refractivity contribution in [1.29, 1.82) is 0 Å². The number of carbonyl (C=O) groups excluding carboxylic acids is 1. The number of anilines is 1. The number of benzene rings is 2. The fourth-order valence-corrected chi connectivity index (χ4v) is 3.78. The highest BCUT2D eigenvalue weighted by Gasteiger charge is 2.18. The molecule has 2 heterocycles. The molecule has 1 amide bonds. The van der Waals surface area contributed by atoms with Crippen LogP contribution in [0.4, 0.5) is 5.69 Å². The quantitative estimate of drug-likeness (QED) is 0.531. The van der Waals surface area contributed by atoms with Crippen molar-refractivity contribution >= 4 is 27.9 Å². The molecular weight excluding hydrogens is 342 g/mol. The van der Waals surface area contributed by atoms with Gasteiger partial charge >= 0.3 is 0 Å². The van der Waals surface area contributed by atoms with Crippen molar-refractivity contribution < 1.29 is 4.79 Å². The Morgan fingerprint density at radius 1 is 1.15 bits per heavy atom. The Morgan fingerprint density at radius 3 is 2.62 bits per heavy atom. The predicted octanol–water partition coefficient (Wildman–Crippen LogP) is 5.20. The lowest BCUT2D eigenvalue weighted by atomic mass is 9.95. The molecule has 0 bridgehead atoms. The summed E-state index contributed by atoms with van der Waals surface area (Å²) in [5.74, 6) is -0.121. The van der Waals surface area contributed by atoms with Gasteiger partial charge in [-0.2, -0.15) is 0 Å². The van der Waals surface area contributed by atoms with Gasteiger partial charge in [0.05, 0.1) is 11.6 Å². The molecule has 2 aromatic carbocycles. The number of carbonyl (C=O) groups is 1. The van der Waals surface area contributed by atoms with Gasteiger partial charge in [-0.3, -0.25) is 9.20 Å². The molecular formula is C21H19N3OS. The van der Waals surface area contributed by atoms with Crippen molar-refractivity contribution in [3.05, 3.63) is 77.9 Å². The lowest BCUT2D eigenvalue weighted by Gasteiger charge is -2.15. The maximum Gasteiger partial charge on any atom is 0.231 e. The molecule has 0 aliphatic carbocycles. The van der Waals surface area contributed by atoms with Crippen LogP contribution in [0.15, 0.2) is 72.4 Å². The third kappa shape index (κ3) is 3.26. The summed E-state index contributed by atoms with van der Waals surface area (Å²) in [6, 6.07) is 17.7. The third-order valence-electron chi connectivity index (χ3n) is 4.47. The van der Waals surface area contributed by atoms with Crippen molar-refractivity contribution in [2.75, 3.05) is 5.32 Å². The summed E-state index contributed by atoms with van der Waals surface area (Å²) in [5.41, 5.74) is 3.82. The minimum absolute atomic E-state index is 0.0222. The number of imidazole rings is 1. The first-order chi connectivity index (χ1) is 12.7. The maximum absolute atomic E-state index is 12.7. The van der Waals surface area contributed by atoms with Gasteiger partial charge in [0.1, 0.15) is 0 Å². The van der Waals surface area contributed by atoms with E-state index in [0.717, 1.165) is 33.9 Å². The van der Waals surface area contributed by atoms with E-state index in [1.54, 1.807) is 11.3 Å². The van der Waals surface area contributed by atoms with Crippen LogP contribution < -0.4 is 5.32 Å². The van der Waals surface area contributed by atoms with E-state index in [4.69, 9.17) is 0 Å². The Labute approximate surface area is 156 Å². The van der Waals surface area contributed by atoms with Gasteiger partial charge in [0.25, 0.3) is 0 Å². The number of hydrogen-bond acceptors (Lipinski definition) is 3. The minimum atomic E-state index is -0.143. The molecule has 4 rings (SSSR count). The van der Waals surface area contributed by atoms with Gasteiger partial charge in [-0.25, -0.2) is 4.98 Å². The zero-order valence-electron chi connectivity index (χ0n) is 14.4. The number of fused-ring (bicyclic) bond motifs is 1. The van der Waals surface area contributed by atoms with Gasteiger partial charge in [-0.1, -0.05) is 49.4 Å². The molecule has 1 N–H and O–H groups in total. The molecule has 0 fully saturated rings. The van der Waals surface area contributed by atoms with E-state index in [1.807, 2.05) is 83.7 Å². The lowest BCUT2D eigenvalue weighted by molar-refractivity contribution is -0.117. The van der Waals surface area contributed by atoms with E-state index in [0.29, 0.717) is 0 Å². The summed E-state index contributed by atoms with van der Waals surface area (Å²) < 4.78 is 2.02. The second-order valence-corrected chi connectivity index (χ2v) is 7.03. The SMILES string of the molecule is CC[C@H](C(=O)Nc1ccc(-c2cn3ccsc3n2)cc1)c1ccccc1. The second-order valence-electron chi connectivity index (χ2n) is 6.16. The molecule has 4 aromatic rings. The molecule has 0 spiro atoms. The molecule has 0 aliphatic rings. The topological polar surface area (TPSA) is 46.4 Å². The van der Waals surface area contributed by atoms with Gasteiger partial charge in [0.2, 0.25) is 5.91 Å². The van der Waals surface area contributed by atoms with E-state index >= 15 is 0 Å². The Kier molecular flexibility index (Phi) is 4.54. The Balaban J connectivity index is 1.50. The van der Waals surface area contributed by atoms with Crippen molar-refractivity contribution in [2.24, 2.45) is 0 Å². The molecule has 4 nitrogen and oxygen atoms in total. The first-order valence-corrected chi connectivity index (χ1v) is 9.51. The molecule has 1 atom stereocenters. The van der Waals surface area contributed by atoms with Crippen molar-refractivity contribution in [3.63, 3.8) is 0 Å². The molecule has 0 radical (unpaired) electrons. The molecule has 0 aliphatic heterocycles. The lowest BCUT2D eigenvalue weighted by Crippen LogP contribution is -2.20. The summed E-state index contributed by atoms with van der Waals surface area (Å²) >= 11 is 1.61. The monoisotopic (exact) mass is 361 g/mol. The Bertz CT molecular complexity index is 990. The molecule has 2 aromatic heterocycles. The fraction of sp³-hybridized carbons (Fsp3) is 0.143. The van der Waals surface area contributed by atoms with Gasteiger partial charge in [0, 0.05) is 29.0 Å². The highest BCUT2D eigenvalue weighted by molar-refractivity contribution is 7.15. The van der Waals surface area contributed by atoms with Crippen molar-refractivity contribution in [1.82, 2.24) is 9.38 Å². The maximum atomic E-state index is 12.7. The largest absolute Gasteiger partial charge is 0.326 e. The van der Waals surface area contributed by atoms with Crippen LogP contribution in [0.2, 0.25) is 0 Å². The zero-order valence-corrected chi connectivity index (χ0v) is 15.2. The van der Waals surface area contributed by atoms with Gasteiger partial charge in [-0.15, -0.1) is 11.3 Å². The fourth-order valence-electron chi connectivity index (χ4n) is 3.08. The first kappa shape index (κ1) is 16.5. The molecule has 0 unspecified atom stereocenters. The molecule has 5 heteroatoms. The number of thiazole rings is 1. The smallest absolute Gasteiger partial charge is 0.231 e. The van der Waals surface area contributed by atoms with Crippen LogP contribution in [0.3, 0.4) is 0 Å². The summed E-state index contributed by atoms with van der Waals surface area (Å²) in [6.07, 6.45) is 4.78. The Hall–Kier alpha value is -2.92. The first-order valence-electron chi connectivity index (χ1n) is 8.63. The van der Waals surface area contributed by atoms with Crippen LogP contribution in [-0.4, -0.2) is 15.3 Å².